The molecule has 0 aromatic heterocycles. The molecule has 0 bridgehead atoms. The van der Waals surface area contributed by atoms with Crippen molar-refractivity contribution in [3.63, 3.8) is 0 Å². The molecule has 0 aromatic rings. The molecule has 0 fully saturated rings. The van der Waals surface area contributed by atoms with Gasteiger partial charge < -0.3 is 15.2 Å². The van der Waals surface area contributed by atoms with Gasteiger partial charge in [0.2, 0.25) is 5.91 Å². The maximum Gasteiger partial charge on any atom is 0.220 e. The third-order valence-corrected chi connectivity index (χ3v) is 8.52. The standard InChI is InChI=1S/C37H73NO3/c1-4-6-8-10-12-14-16-18-19-21-23-25-27-29-31-33-37(40)38-35(34-39)36(41-3)32-30-28-26-24-22-20-17-15-13-11-9-7-5-2/h30,32,35-36,39H,4-29,31,33-34H2,1-3H3,(H,38,40)/b32-30+/t35?,36-/m1/s1. The van der Waals surface area contributed by atoms with Gasteiger partial charge in [0.05, 0.1) is 18.8 Å². The number of methoxy groups -OCH3 is 1. The van der Waals surface area contributed by atoms with Crippen LogP contribution >= 0.6 is 0 Å². The van der Waals surface area contributed by atoms with Gasteiger partial charge in [-0.3, -0.25) is 4.79 Å². The van der Waals surface area contributed by atoms with E-state index < -0.39 is 0 Å². The molecule has 0 aliphatic carbocycles. The average Bonchev–Trinajstić information content (AvgIpc) is 2.98. The van der Waals surface area contributed by atoms with Gasteiger partial charge in [0.15, 0.2) is 0 Å². The van der Waals surface area contributed by atoms with E-state index in [9.17, 15) is 9.90 Å². The number of carbonyl (C=O) groups excluding carboxylic acids is 1. The van der Waals surface area contributed by atoms with E-state index in [2.05, 4.69) is 25.2 Å². The van der Waals surface area contributed by atoms with Crippen molar-refractivity contribution in [2.75, 3.05) is 13.7 Å². The molecule has 0 heterocycles. The van der Waals surface area contributed by atoms with Gasteiger partial charge in [-0.15, -0.1) is 0 Å². The first-order chi connectivity index (χ1) is 20.2. The Morgan fingerprint density at radius 3 is 1.34 bits per heavy atom. The number of carbonyl (C=O) groups is 1. The summed E-state index contributed by atoms with van der Waals surface area (Å²) < 4.78 is 5.58. The lowest BCUT2D eigenvalue weighted by Crippen LogP contribution is -2.45. The smallest absolute Gasteiger partial charge is 0.220 e. The van der Waals surface area contributed by atoms with E-state index in [-0.39, 0.29) is 24.7 Å². The van der Waals surface area contributed by atoms with Crippen molar-refractivity contribution in [2.24, 2.45) is 0 Å². The zero-order chi connectivity index (χ0) is 30.1. The number of ether oxygens (including phenoxy) is 1. The molecular weight excluding hydrogens is 506 g/mol. The highest BCUT2D eigenvalue weighted by Gasteiger charge is 2.20. The van der Waals surface area contributed by atoms with Crippen LogP contribution in [0.3, 0.4) is 0 Å². The van der Waals surface area contributed by atoms with Gasteiger partial charge in [0.1, 0.15) is 0 Å². The highest BCUT2D eigenvalue weighted by atomic mass is 16.5. The molecule has 4 nitrogen and oxygen atoms in total. The number of aliphatic hydroxyl groups is 1. The topological polar surface area (TPSA) is 58.6 Å². The van der Waals surface area contributed by atoms with E-state index in [1.807, 2.05) is 6.08 Å². The van der Waals surface area contributed by atoms with E-state index in [1.54, 1.807) is 7.11 Å². The van der Waals surface area contributed by atoms with E-state index >= 15 is 0 Å². The molecule has 1 amide bonds. The number of hydrogen-bond acceptors (Lipinski definition) is 3. The summed E-state index contributed by atoms with van der Waals surface area (Å²) in [5.74, 6) is 0.0274. The van der Waals surface area contributed by atoms with Gasteiger partial charge in [-0.05, 0) is 19.3 Å². The van der Waals surface area contributed by atoms with Crippen molar-refractivity contribution in [3.05, 3.63) is 12.2 Å². The monoisotopic (exact) mass is 580 g/mol. The minimum Gasteiger partial charge on any atom is -0.394 e. The van der Waals surface area contributed by atoms with Crippen LogP contribution in [0.4, 0.5) is 0 Å². The van der Waals surface area contributed by atoms with Crippen LogP contribution in [0.25, 0.3) is 0 Å². The Labute approximate surface area is 257 Å². The zero-order valence-corrected chi connectivity index (χ0v) is 28.1. The molecule has 0 saturated carbocycles. The average molecular weight is 580 g/mol. The lowest BCUT2D eigenvalue weighted by Gasteiger charge is -2.23. The second-order valence-electron chi connectivity index (χ2n) is 12.5. The molecule has 2 N–H and O–H groups in total. The molecule has 4 heteroatoms. The van der Waals surface area contributed by atoms with Crippen LogP contribution in [0, 0.1) is 0 Å². The zero-order valence-electron chi connectivity index (χ0n) is 28.1. The summed E-state index contributed by atoms with van der Waals surface area (Å²) in [6.07, 6.45) is 40.2. The molecule has 2 atom stereocenters. The van der Waals surface area contributed by atoms with Crippen molar-refractivity contribution in [1.82, 2.24) is 5.32 Å². The molecular formula is C37H73NO3. The Morgan fingerprint density at radius 2 is 0.976 bits per heavy atom. The Morgan fingerprint density at radius 1 is 0.610 bits per heavy atom. The molecule has 0 aliphatic heterocycles. The minimum absolute atomic E-state index is 0.0274. The first kappa shape index (κ1) is 40.1. The Hall–Kier alpha value is -0.870. The molecule has 1 unspecified atom stereocenters. The van der Waals surface area contributed by atoms with Crippen LogP contribution in [0.15, 0.2) is 12.2 Å². The molecule has 41 heavy (non-hydrogen) atoms. The summed E-state index contributed by atoms with van der Waals surface area (Å²) in [4.78, 5) is 12.5. The number of nitrogens with one attached hydrogen (secondary N) is 1. The first-order valence-corrected chi connectivity index (χ1v) is 18.3. The largest absolute Gasteiger partial charge is 0.394 e. The lowest BCUT2D eigenvalue weighted by atomic mass is 10.0. The number of amides is 1. The number of allylic oxidation sites excluding steroid dienone is 1. The van der Waals surface area contributed by atoms with Crippen molar-refractivity contribution in [3.8, 4) is 0 Å². The van der Waals surface area contributed by atoms with Gasteiger partial charge in [0, 0.05) is 13.5 Å². The van der Waals surface area contributed by atoms with Crippen LogP contribution in [0.5, 0.6) is 0 Å². The van der Waals surface area contributed by atoms with Crippen LogP contribution in [-0.4, -0.2) is 36.9 Å². The molecule has 0 rings (SSSR count). The predicted octanol–water partition coefficient (Wildman–Crippen LogP) is 11.0. The second-order valence-corrected chi connectivity index (χ2v) is 12.5. The van der Waals surface area contributed by atoms with Crippen LogP contribution < -0.4 is 5.32 Å². The minimum atomic E-state index is -0.377. The highest BCUT2D eigenvalue weighted by Crippen LogP contribution is 2.15. The van der Waals surface area contributed by atoms with Gasteiger partial charge in [-0.2, -0.15) is 0 Å². The SMILES string of the molecule is CCCCCCCCCCCCC/C=C/[C@@H](OC)C(CO)NC(=O)CCCCCCCCCCCCCCCCC. The number of aliphatic hydroxyl groups excluding tert-OH is 1. The number of hydrogen-bond donors (Lipinski definition) is 2. The van der Waals surface area contributed by atoms with Gasteiger partial charge in [-0.25, -0.2) is 0 Å². The highest BCUT2D eigenvalue weighted by molar-refractivity contribution is 5.76. The summed E-state index contributed by atoms with van der Waals surface area (Å²) in [5, 5.41) is 12.9. The van der Waals surface area contributed by atoms with Crippen molar-refractivity contribution < 1.29 is 14.6 Å². The molecule has 0 saturated heterocycles. The van der Waals surface area contributed by atoms with E-state index in [1.165, 1.54) is 154 Å². The van der Waals surface area contributed by atoms with Crippen molar-refractivity contribution in [2.45, 2.75) is 206 Å². The maximum absolute atomic E-state index is 12.5. The van der Waals surface area contributed by atoms with Gasteiger partial charge in [-0.1, -0.05) is 180 Å². The molecule has 0 spiro atoms. The van der Waals surface area contributed by atoms with E-state index in [0.717, 1.165) is 19.3 Å². The maximum atomic E-state index is 12.5. The fourth-order valence-corrected chi connectivity index (χ4v) is 5.70. The third-order valence-electron chi connectivity index (χ3n) is 8.52. The summed E-state index contributed by atoms with van der Waals surface area (Å²) in [7, 11) is 1.65. The predicted molar refractivity (Wildman–Crippen MR) is 180 cm³/mol. The number of unbranched alkanes of at least 4 members (excludes halogenated alkanes) is 25. The Kier molecular flexibility index (Phi) is 32.9. The van der Waals surface area contributed by atoms with Crippen molar-refractivity contribution >= 4 is 5.91 Å². The Balaban J connectivity index is 3.72. The molecule has 0 aromatic carbocycles. The van der Waals surface area contributed by atoms with Crippen LogP contribution in [0.1, 0.15) is 194 Å². The first-order valence-electron chi connectivity index (χ1n) is 18.3. The van der Waals surface area contributed by atoms with E-state index in [0.29, 0.717) is 6.42 Å². The molecule has 0 aliphatic rings. The second kappa shape index (κ2) is 33.6. The van der Waals surface area contributed by atoms with Gasteiger partial charge in [0.25, 0.3) is 0 Å². The summed E-state index contributed by atoms with van der Waals surface area (Å²) >= 11 is 0. The fraction of sp³-hybridized carbons (Fsp3) is 0.919. The van der Waals surface area contributed by atoms with Crippen LogP contribution in [-0.2, 0) is 9.53 Å². The summed E-state index contributed by atoms with van der Waals surface area (Å²) in [6, 6.07) is -0.377. The van der Waals surface area contributed by atoms with Crippen molar-refractivity contribution in [1.29, 1.82) is 0 Å². The summed E-state index contributed by atoms with van der Waals surface area (Å²) in [6.45, 7) is 4.45. The Bertz CT molecular complexity index is 550. The number of rotatable bonds is 33. The quantitative estimate of drug-likeness (QED) is 0.0600. The summed E-state index contributed by atoms with van der Waals surface area (Å²) in [5.41, 5.74) is 0. The third kappa shape index (κ3) is 29.0. The fourth-order valence-electron chi connectivity index (χ4n) is 5.70. The molecule has 0 radical (unpaired) electrons. The lowest BCUT2D eigenvalue weighted by molar-refractivity contribution is -0.123. The van der Waals surface area contributed by atoms with Crippen LogP contribution in [0.2, 0.25) is 0 Å². The van der Waals surface area contributed by atoms with E-state index in [4.69, 9.17) is 4.74 Å². The molecule has 244 valence electrons. The van der Waals surface area contributed by atoms with Gasteiger partial charge >= 0.3 is 0 Å². The normalized spacial score (nSPS) is 13.2.